The average Bonchev–Trinajstić information content (AvgIpc) is 3.10. The summed E-state index contributed by atoms with van der Waals surface area (Å²) in [5, 5.41) is 3.60. The number of halogens is 1. The second-order valence-corrected chi connectivity index (χ2v) is 6.24. The highest BCUT2D eigenvalue weighted by atomic mass is 79.9. The summed E-state index contributed by atoms with van der Waals surface area (Å²) in [6.45, 7) is 7.29. The van der Waals surface area contributed by atoms with Gasteiger partial charge in [-0.1, -0.05) is 41.1 Å². The van der Waals surface area contributed by atoms with E-state index in [1.807, 2.05) is 0 Å². The zero-order chi connectivity index (χ0) is 12.3. The van der Waals surface area contributed by atoms with Crippen molar-refractivity contribution in [1.82, 2.24) is 5.32 Å². The molecule has 0 aromatic heterocycles. The molecule has 0 aliphatic heterocycles. The first-order chi connectivity index (χ1) is 8.11. The Bertz CT molecular complexity index is 398. The molecule has 0 radical (unpaired) electrons. The van der Waals surface area contributed by atoms with Crippen LogP contribution in [-0.2, 0) is 6.42 Å². The topological polar surface area (TPSA) is 12.0 Å². The SMILES string of the molecule is C=CC(C)(CNC1CC1)Cc1cccc(Br)c1. The van der Waals surface area contributed by atoms with E-state index in [-0.39, 0.29) is 5.41 Å². The largest absolute Gasteiger partial charge is 0.313 e. The van der Waals surface area contributed by atoms with Crippen LogP contribution in [-0.4, -0.2) is 12.6 Å². The van der Waals surface area contributed by atoms with Gasteiger partial charge in [0.25, 0.3) is 0 Å². The molecule has 1 aliphatic carbocycles. The van der Waals surface area contributed by atoms with Gasteiger partial charge in [0.15, 0.2) is 0 Å². The van der Waals surface area contributed by atoms with Crippen molar-refractivity contribution < 1.29 is 0 Å². The van der Waals surface area contributed by atoms with Crippen LogP contribution in [0.15, 0.2) is 41.4 Å². The van der Waals surface area contributed by atoms with E-state index < -0.39 is 0 Å². The van der Waals surface area contributed by atoms with Crippen LogP contribution in [0.2, 0.25) is 0 Å². The van der Waals surface area contributed by atoms with Gasteiger partial charge in [0.05, 0.1) is 0 Å². The average molecular weight is 294 g/mol. The fraction of sp³-hybridized carbons (Fsp3) is 0.467. The fourth-order valence-electron chi connectivity index (χ4n) is 1.99. The van der Waals surface area contributed by atoms with E-state index in [0.29, 0.717) is 0 Å². The molecule has 1 aliphatic rings. The summed E-state index contributed by atoms with van der Waals surface area (Å²) in [4.78, 5) is 0. The maximum Gasteiger partial charge on any atom is 0.0178 e. The minimum absolute atomic E-state index is 0.142. The molecule has 1 aromatic carbocycles. The molecule has 1 N–H and O–H groups in total. The van der Waals surface area contributed by atoms with E-state index >= 15 is 0 Å². The van der Waals surface area contributed by atoms with Crippen molar-refractivity contribution in [3.05, 3.63) is 47.0 Å². The number of hydrogen-bond acceptors (Lipinski definition) is 1. The zero-order valence-corrected chi connectivity index (χ0v) is 12.0. The van der Waals surface area contributed by atoms with E-state index in [4.69, 9.17) is 0 Å². The van der Waals surface area contributed by atoms with Crippen LogP contribution >= 0.6 is 15.9 Å². The molecular formula is C15H20BrN. The molecule has 0 bridgehead atoms. The summed E-state index contributed by atoms with van der Waals surface area (Å²) >= 11 is 3.52. The van der Waals surface area contributed by atoms with Crippen molar-refractivity contribution in [2.75, 3.05) is 6.54 Å². The molecule has 2 heteroatoms. The van der Waals surface area contributed by atoms with E-state index in [9.17, 15) is 0 Å². The summed E-state index contributed by atoms with van der Waals surface area (Å²) < 4.78 is 1.15. The first-order valence-electron chi connectivity index (χ1n) is 6.23. The van der Waals surface area contributed by atoms with Crippen LogP contribution in [0.4, 0.5) is 0 Å². The van der Waals surface area contributed by atoms with Crippen molar-refractivity contribution in [1.29, 1.82) is 0 Å². The van der Waals surface area contributed by atoms with Crippen molar-refractivity contribution in [2.24, 2.45) is 5.41 Å². The quantitative estimate of drug-likeness (QED) is 0.784. The van der Waals surface area contributed by atoms with Gasteiger partial charge < -0.3 is 5.32 Å². The lowest BCUT2D eigenvalue weighted by Gasteiger charge is -2.26. The second-order valence-electron chi connectivity index (χ2n) is 5.32. The lowest BCUT2D eigenvalue weighted by atomic mass is 9.83. The summed E-state index contributed by atoms with van der Waals surface area (Å²) in [6.07, 6.45) is 5.80. The molecule has 0 amide bonds. The predicted octanol–water partition coefficient (Wildman–Crippen LogP) is 3.94. The van der Waals surface area contributed by atoms with Crippen LogP contribution < -0.4 is 5.32 Å². The molecule has 17 heavy (non-hydrogen) atoms. The van der Waals surface area contributed by atoms with E-state index in [2.05, 4.69) is 65.1 Å². The minimum Gasteiger partial charge on any atom is -0.313 e. The van der Waals surface area contributed by atoms with Crippen LogP contribution in [0.5, 0.6) is 0 Å². The molecule has 2 rings (SSSR count). The van der Waals surface area contributed by atoms with Gasteiger partial charge in [-0.15, -0.1) is 6.58 Å². The fourth-order valence-corrected chi connectivity index (χ4v) is 2.43. The Balaban J connectivity index is 1.99. The van der Waals surface area contributed by atoms with Crippen LogP contribution in [0.25, 0.3) is 0 Å². The molecule has 1 aromatic rings. The van der Waals surface area contributed by atoms with Gasteiger partial charge in [0.1, 0.15) is 0 Å². The van der Waals surface area contributed by atoms with Gasteiger partial charge in [0, 0.05) is 22.5 Å². The number of hydrogen-bond donors (Lipinski definition) is 1. The van der Waals surface area contributed by atoms with Gasteiger partial charge in [-0.25, -0.2) is 0 Å². The molecule has 0 heterocycles. The monoisotopic (exact) mass is 293 g/mol. The Labute approximate surface area is 112 Å². The lowest BCUT2D eigenvalue weighted by molar-refractivity contribution is 0.389. The zero-order valence-electron chi connectivity index (χ0n) is 10.4. The maximum absolute atomic E-state index is 4.00. The van der Waals surface area contributed by atoms with E-state index in [0.717, 1.165) is 23.5 Å². The first kappa shape index (κ1) is 12.8. The highest BCUT2D eigenvalue weighted by Gasteiger charge is 2.26. The van der Waals surface area contributed by atoms with Crippen molar-refractivity contribution in [3.8, 4) is 0 Å². The van der Waals surface area contributed by atoms with Gasteiger partial charge >= 0.3 is 0 Å². The molecule has 92 valence electrons. The van der Waals surface area contributed by atoms with Crippen LogP contribution in [0.3, 0.4) is 0 Å². The molecule has 1 atom stereocenters. The van der Waals surface area contributed by atoms with Crippen molar-refractivity contribution in [2.45, 2.75) is 32.2 Å². The third-order valence-electron chi connectivity index (χ3n) is 3.36. The maximum atomic E-state index is 4.00. The Kier molecular flexibility index (Phi) is 4.05. The number of benzene rings is 1. The summed E-state index contributed by atoms with van der Waals surface area (Å²) in [6, 6.07) is 9.30. The molecular weight excluding hydrogens is 274 g/mol. The van der Waals surface area contributed by atoms with Gasteiger partial charge in [-0.2, -0.15) is 0 Å². The summed E-state index contributed by atoms with van der Waals surface area (Å²) in [5.41, 5.74) is 1.50. The van der Waals surface area contributed by atoms with Gasteiger partial charge in [-0.3, -0.25) is 0 Å². The Morgan fingerprint density at radius 2 is 2.29 bits per heavy atom. The Hall–Kier alpha value is -0.600. The van der Waals surface area contributed by atoms with E-state index in [1.165, 1.54) is 18.4 Å². The summed E-state index contributed by atoms with van der Waals surface area (Å²) in [5.74, 6) is 0. The van der Waals surface area contributed by atoms with Crippen LogP contribution in [0.1, 0.15) is 25.3 Å². The third-order valence-corrected chi connectivity index (χ3v) is 3.85. The lowest BCUT2D eigenvalue weighted by Crippen LogP contribution is -2.33. The standard InChI is InChI=1S/C15H20BrN/c1-3-15(2,11-17-14-7-8-14)10-12-5-4-6-13(16)9-12/h3-6,9,14,17H,1,7-8,10-11H2,2H3. The first-order valence-corrected chi connectivity index (χ1v) is 7.02. The third kappa shape index (κ3) is 3.97. The summed E-state index contributed by atoms with van der Waals surface area (Å²) in [7, 11) is 0. The molecule has 1 unspecified atom stereocenters. The van der Waals surface area contributed by atoms with E-state index in [1.54, 1.807) is 0 Å². The minimum atomic E-state index is 0.142. The molecule has 0 saturated heterocycles. The molecule has 0 spiro atoms. The Morgan fingerprint density at radius 3 is 2.88 bits per heavy atom. The van der Waals surface area contributed by atoms with Crippen molar-refractivity contribution in [3.63, 3.8) is 0 Å². The smallest absolute Gasteiger partial charge is 0.0178 e. The van der Waals surface area contributed by atoms with Crippen molar-refractivity contribution >= 4 is 15.9 Å². The van der Waals surface area contributed by atoms with Crippen LogP contribution in [0, 0.1) is 5.41 Å². The normalized spacial score (nSPS) is 18.7. The Morgan fingerprint density at radius 1 is 1.53 bits per heavy atom. The van der Waals surface area contributed by atoms with Gasteiger partial charge in [-0.05, 0) is 37.0 Å². The highest BCUT2D eigenvalue weighted by Crippen LogP contribution is 2.27. The number of nitrogens with one attached hydrogen (secondary N) is 1. The highest BCUT2D eigenvalue weighted by molar-refractivity contribution is 9.10. The molecule has 1 saturated carbocycles. The predicted molar refractivity (Wildman–Crippen MR) is 77.2 cm³/mol. The number of rotatable bonds is 6. The van der Waals surface area contributed by atoms with Gasteiger partial charge in [0.2, 0.25) is 0 Å². The molecule has 1 nitrogen and oxygen atoms in total. The second kappa shape index (κ2) is 5.36. The molecule has 1 fully saturated rings.